The van der Waals surface area contributed by atoms with Gasteiger partial charge < -0.3 is 20.1 Å². The number of methoxy groups -OCH3 is 2. The second-order valence-electron chi connectivity index (χ2n) is 6.08. The van der Waals surface area contributed by atoms with E-state index in [1.54, 1.807) is 32.5 Å². The van der Waals surface area contributed by atoms with Crippen LogP contribution in [0.15, 0.2) is 36.5 Å². The van der Waals surface area contributed by atoms with Crippen molar-refractivity contribution >= 4 is 11.7 Å². The summed E-state index contributed by atoms with van der Waals surface area (Å²) in [4.78, 5) is 16.3. The third-order valence-electron chi connectivity index (χ3n) is 3.62. The summed E-state index contributed by atoms with van der Waals surface area (Å²) in [5, 5.41) is 6.10. The van der Waals surface area contributed by atoms with Crippen molar-refractivity contribution in [3.63, 3.8) is 0 Å². The van der Waals surface area contributed by atoms with Crippen LogP contribution in [0.1, 0.15) is 29.8 Å². The topological polar surface area (TPSA) is 72.5 Å². The van der Waals surface area contributed by atoms with E-state index >= 15 is 0 Å². The van der Waals surface area contributed by atoms with E-state index in [-0.39, 0.29) is 5.91 Å². The summed E-state index contributed by atoms with van der Waals surface area (Å²) in [6, 6.07) is 9.30. The molecule has 6 nitrogen and oxygen atoms in total. The third-order valence-corrected chi connectivity index (χ3v) is 3.62. The van der Waals surface area contributed by atoms with E-state index < -0.39 is 0 Å². The monoisotopic (exact) mass is 343 g/mol. The summed E-state index contributed by atoms with van der Waals surface area (Å²) >= 11 is 0. The molecule has 0 saturated carbocycles. The van der Waals surface area contributed by atoms with Crippen LogP contribution in [-0.4, -0.2) is 31.7 Å². The molecule has 0 atom stereocenters. The molecule has 134 valence electrons. The zero-order valence-electron chi connectivity index (χ0n) is 15.1. The zero-order chi connectivity index (χ0) is 18.2. The maximum absolute atomic E-state index is 12.0. The highest BCUT2D eigenvalue weighted by Crippen LogP contribution is 2.27. The van der Waals surface area contributed by atoms with Crippen LogP contribution in [0.4, 0.5) is 5.82 Å². The zero-order valence-corrected chi connectivity index (χ0v) is 15.1. The minimum Gasteiger partial charge on any atom is -0.493 e. The smallest absolute Gasteiger partial charge is 0.252 e. The maximum atomic E-state index is 12.0. The van der Waals surface area contributed by atoms with E-state index in [1.807, 2.05) is 18.2 Å². The number of hydrogen-bond acceptors (Lipinski definition) is 5. The Morgan fingerprint density at radius 1 is 1.12 bits per heavy atom. The lowest BCUT2D eigenvalue weighted by Crippen LogP contribution is -2.27. The number of nitrogens with one attached hydrogen (secondary N) is 2. The molecule has 0 aliphatic rings. The van der Waals surface area contributed by atoms with Gasteiger partial charge in [-0.1, -0.05) is 19.9 Å². The van der Waals surface area contributed by atoms with Crippen LogP contribution >= 0.6 is 0 Å². The molecule has 0 spiro atoms. The Morgan fingerprint density at radius 3 is 2.48 bits per heavy atom. The van der Waals surface area contributed by atoms with Crippen molar-refractivity contribution in [3.8, 4) is 11.5 Å². The summed E-state index contributed by atoms with van der Waals surface area (Å²) in [6.45, 7) is 5.35. The van der Waals surface area contributed by atoms with Gasteiger partial charge in [-0.15, -0.1) is 0 Å². The first kappa shape index (κ1) is 18.6. The first-order valence-electron chi connectivity index (χ1n) is 8.22. The highest BCUT2D eigenvalue weighted by atomic mass is 16.5. The Bertz CT molecular complexity index is 700. The van der Waals surface area contributed by atoms with Crippen molar-refractivity contribution in [2.45, 2.75) is 20.4 Å². The molecule has 0 saturated heterocycles. The molecule has 6 heteroatoms. The summed E-state index contributed by atoms with van der Waals surface area (Å²) in [6.07, 6.45) is 1.58. The molecule has 0 unspecified atom stereocenters. The third kappa shape index (κ3) is 5.38. The summed E-state index contributed by atoms with van der Waals surface area (Å²) < 4.78 is 10.5. The molecule has 0 bridgehead atoms. The number of benzene rings is 1. The number of carbonyl (C=O) groups is 1. The average Bonchev–Trinajstić information content (AvgIpc) is 2.64. The number of pyridine rings is 1. The van der Waals surface area contributed by atoms with Crippen LogP contribution in [0.3, 0.4) is 0 Å². The normalized spacial score (nSPS) is 10.4. The quantitative estimate of drug-likeness (QED) is 0.770. The van der Waals surface area contributed by atoms with Gasteiger partial charge >= 0.3 is 0 Å². The molecule has 1 aromatic carbocycles. The molecule has 1 heterocycles. The molecule has 0 aliphatic heterocycles. The van der Waals surface area contributed by atoms with Gasteiger partial charge in [0.05, 0.1) is 19.8 Å². The van der Waals surface area contributed by atoms with Gasteiger partial charge in [0.2, 0.25) is 0 Å². The Morgan fingerprint density at radius 2 is 1.88 bits per heavy atom. The van der Waals surface area contributed by atoms with Gasteiger partial charge in [-0.2, -0.15) is 0 Å². The molecule has 0 radical (unpaired) electrons. The SMILES string of the molecule is COc1ccc(CNc2ccc(C(=O)NCC(C)C)cn2)cc1OC. The van der Waals surface area contributed by atoms with Crippen LogP contribution in [0.2, 0.25) is 0 Å². The molecule has 1 aromatic heterocycles. The van der Waals surface area contributed by atoms with Crippen LogP contribution in [0.5, 0.6) is 11.5 Å². The van der Waals surface area contributed by atoms with Gasteiger partial charge in [-0.05, 0) is 35.7 Å². The number of hydrogen-bond donors (Lipinski definition) is 2. The van der Waals surface area contributed by atoms with E-state index in [0.717, 1.165) is 5.56 Å². The maximum Gasteiger partial charge on any atom is 0.252 e. The predicted molar refractivity (Wildman–Crippen MR) is 98.3 cm³/mol. The number of anilines is 1. The van der Waals surface area contributed by atoms with Crippen molar-refractivity contribution in [1.29, 1.82) is 0 Å². The fourth-order valence-corrected chi connectivity index (χ4v) is 2.21. The lowest BCUT2D eigenvalue weighted by molar-refractivity contribution is 0.0948. The van der Waals surface area contributed by atoms with Crippen molar-refractivity contribution in [3.05, 3.63) is 47.7 Å². The minimum absolute atomic E-state index is 0.104. The van der Waals surface area contributed by atoms with Gasteiger partial charge in [0, 0.05) is 19.3 Å². The molecular weight excluding hydrogens is 318 g/mol. The van der Waals surface area contributed by atoms with E-state index in [1.165, 1.54) is 0 Å². The highest BCUT2D eigenvalue weighted by Gasteiger charge is 2.07. The van der Waals surface area contributed by atoms with Crippen molar-refractivity contribution in [1.82, 2.24) is 10.3 Å². The molecule has 25 heavy (non-hydrogen) atoms. The fourth-order valence-electron chi connectivity index (χ4n) is 2.21. The van der Waals surface area contributed by atoms with Crippen LogP contribution < -0.4 is 20.1 Å². The molecule has 0 aliphatic carbocycles. The Balaban J connectivity index is 1.94. The van der Waals surface area contributed by atoms with Gasteiger partial charge in [0.15, 0.2) is 11.5 Å². The van der Waals surface area contributed by atoms with E-state index in [2.05, 4.69) is 29.5 Å². The van der Waals surface area contributed by atoms with Crippen LogP contribution in [-0.2, 0) is 6.54 Å². The lowest BCUT2D eigenvalue weighted by Gasteiger charge is -2.11. The number of ether oxygens (including phenoxy) is 2. The first-order chi connectivity index (χ1) is 12.0. The number of rotatable bonds is 8. The highest BCUT2D eigenvalue weighted by molar-refractivity contribution is 5.94. The number of carbonyl (C=O) groups excluding carboxylic acids is 1. The van der Waals surface area contributed by atoms with Gasteiger partial charge in [0.25, 0.3) is 5.91 Å². The number of amides is 1. The standard InChI is InChI=1S/C19H25N3O3/c1-13(2)10-22-19(23)15-6-8-18(21-12-15)20-11-14-5-7-16(24-3)17(9-14)25-4/h5-9,12-13H,10-11H2,1-4H3,(H,20,21)(H,22,23). The Kier molecular flexibility index (Phi) is 6.62. The minimum atomic E-state index is -0.104. The molecule has 2 aromatic rings. The first-order valence-corrected chi connectivity index (χ1v) is 8.22. The Hall–Kier alpha value is -2.76. The summed E-state index contributed by atoms with van der Waals surface area (Å²) in [5.41, 5.74) is 1.59. The van der Waals surface area contributed by atoms with Crippen LogP contribution in [0, 0.1) is 5.92 Å². The average molecular weight is 343 g/mol. The molecular formula is C19H25N3O3. The summed E-state index contributed by atoms with van der Waals surface area (Å²) in [5.74, 6) is 2.40. The molecule has 1 amide bonds. The molecule has 2 rings (SSSR count). The van der Waals surface area contributed by atoms with Gasteiger partial charge in [-0.25, -0.2) is 4.98 Å². The number of aromatic nitrogens is 1. The van der Waals surface area contributed by atoms with Gasteiger partial charge in [-0.3, -0.25) is 4.79 Å². The van der Waals surface area contributed by atoms with Crippen molar-refractivity contribution < 1.29 is 14.3 Å². The molecule has 0 fully saturated rings. The van der Waals surface area contributed by atoms with Crippen molar-refractivity contribution in [2.75, 3.05) is 26.1 Å². The summed E-state index contributed by atoms with van der Waals surface area (Å²) in [7, 11) is 3.22. The number of nitrogens with zero attached hydrogens (tertiary/aromatic N) is 1. The lowest BCUT2D eigenvalue weighted by atomic mass is 10.2. The van der Waals surface area contributed by atoms with E-state index in [0.29, 0.717) is 41.9 Å². The van der Waals surface area contributed by atoms with E-state index in [4.69, 9.17) is 9.47 Å². The predicted octanol–water partition coefficient (Wildman–Crippen LogP) is 3.10. The fraction of sp³-hybridized carbons (Fsp3) is 0.368. The van der Waals surface area contributed by atoms with E-state index in [9.17, 15) is 4.79 Å². The van der Waals surface area contributed by atoms with Crippen molar-refractivity contribution in [2.24, 2.45) is 5.92 Å². The van der Waals surface area contributed by atoms with Gasteiger partial charge in [0.1, 0.15) is 5.82 Å². The molecule has 2 N–H and O–H groups in total. The van der Waals surface area contributed by atoms with Crippen LogP contribution in [0.25, 0.3) is 0 Å². The second kappa shape index (κ2) is 8.92. The largest absolute Gasteiger partial charge is 0.493 e. The Labute approximate surface area is 148 Å². The second-order valence-corrected chi connectivity index (χ2v) is 6.08.